The maximum absolute atomic E-state index is 13.4. The highest BCUT2D eigenvalue weighted by Crippen LogP contribution is 2.18. The minimum Gasteiger partial charge on any atom is -0.321 e. The van der Waals surface area contributed by atoms with Crippen molar-refractivity contribution in [2.45, 2.75) is 0 Å². The Morgan fingerprint density at radius 2 is 2.15 bits per heavy atom. The standard InChI is InChI=1S/C13H10FN5O/c14-10-2-1-3-11(9(10)6-15)18-13(20)8-4-5-12(19-16)17-7-8/h1-5,7H,16H2,(H,17,19)(H,18,20). The summed E-state index contributed by atoms with van der Waals surface area (Å²) >= 11 is 0. The minimum atomic E-state index is -0.689. The first-order valence-corrected chi connectivity index (χ1v) is 5.58. The number of anilines is 2. The van der Waals surface area contributed by atoms with E-state index in [9.17, 15) is 9.18 Å². The maximum atomic E-state index is 13.4. The molecule has 4 N–H and O–H groups in total. The van der Waals surface area contributed by atoms with Gasteiger partial charge in [0.15, 0.2) is 0 Å². The number of rotatable bonds is 3. The number of pyridine rings is 1. The lowest BCUT2D eigenvalue weighted by Crippen LogP contribution is -2.14. The van der Waals surface area contributed by atoms with Crippen molar-refractivity contribution in [1.82, 2.24) is 4.98 Å². The number of nitrogens with zero attached hydrogens (tertiary/aromatic N) is 2. The Bertz CT molecular complexity index is 678. The first-order chi connectivity index (χ1) is 9.65. The lowest BCUT2D eigenvalue weighted by atomic mass is 10.1. The molecule has 0 atom stereocenters. The van der Waals surface area contributed by atoms with Crippen LogP contribution in [0.25, 0.3) is 0 Å². The van der Waals surface area contributed by atoms with Crippen molar-refractivity contribution in [1.29, 1.82) is 5.26 Å². The summed E-state index contributed by atoms with van der Waals surface area (Å²) in [6.45, 7) is 0. The van der Waals surface area contributed by atoms with Gasteiger partial charge in [-0.15, -0.1) is 0 Å². The number of carbonyl (C=O) groups is 1. The summed E-state index contributed by atoms with van der Waals surface area (Å²) in [6.07, 6.45) is 1.32. The molecule has 0 bridgehead atoms. The zero-order chi connectivity index (χ0) is 14.5. The van der Waals surface area contributed by atoms with E-state index >= 15 is 0 Å². The molecule has 6 nitrogen and oxygen atoms in total. The lowest BCUT2D eigenvalue weighted by Gasteiger charge is -2.07. The number of hydrogen-bond acceptors (Lipinski definition) is 5. The van der Waals surface area contributed by atoms with Gasteiger partial charge in [-0.2, -0.15) is 5.26 Å². The van der Waals surface area contributed by atoms with Crippen molar-refractivity contribution in [3.05, 3.63) is 53.5 Å². The number of carbonyl (C=O) groups excluding carboxylic acids is 1. The van der Waals surface area contributed by atoms with E-state index in [2.05, 4.69) is 15.7 Å². The number of amides is 1. The second kappa shape index (κ2) is 5.77. The van der Waals surface area contributed by atoms with E-state index in [0.29, 0.717) is 5.82 Å². The number of aromatic nitrogens is 1. The third kappa shape index (κ3) is 2.71. The average molecular weight is 271 g/mol. The summed E-state index contributed by atoms with van der Waals surface area (Å²) < 4.78 is 13.4. The third-order valence-corrected chi connectivity index (χ3v) is 2.55. The molecule has 100 valence electrons. The van der Waals surface area contributed by atoms with Crippen LogP contribution in [-0.4, -0.2) is 10.9 Å². The highest BCUT2D eigenvalue weighted by molar-refractivity contribution is 6.04. The smallest absolute Gasteiger partial charge is 0.257 e. The highest BCUT2D eigenvalue weighted by Gasteiger charge is 2.12. The quantitative estimate of drug-likeness (QED) is 0.581. The molecule has 0 saturated heterocycles. The fourth-order valence-corrected chi connectivity index (χ4v) is 1.55. The summed E-state index contributed by atoms with van der Waals surface area (Å²) in [7, 11) is 0. The van der Waals surface area contributed by atoms with Gasteiger partial charge in [-0.1, -0.05) is 6.07 Å². The number of halogens is 1. The van der Waals surface area contributed by atoms with Crippen molar-refractivity contribution >= 4 is 17.4 Å². The number of hydrogen-bond donors (Lipinski definition) is 3. The van der Waals surface area contributed by atoms with Crippen LogP contribution in [0.3, 0.4) is 0 Å². The molecule has 1 aromatic heterocycles. The molecule has 0 fully saturated rings. The van der Waals surface area contributed by atoms with E-state index in [0.717, 1.165) is 6.07 Å². The average Bonchev–Trinajstić information content (AvgIpc) is 2.47. The molecule has 2 rings (SSSR count). The molecule has 7 heteroatoms. The molecule has 0 aliphatic carbocycles. The second-order valence-electron chi connectivity index (χ2n) is 3.80. The Labute approximate surface area is 114 Å². The summed E-state index contributed by atoms with van der Waals surface area (Å²) in [6, 6.07) is 8.74. The molecule has 0 radical (unpaired) electrons. The zero-order valence-electron chi connectivity index (χ0n) is 10.2. The topological polar surface area (TPSA) is 104 Å². The van der Waals surface area contributed by atoms with Crippen molar-refractivity contribution in [2.24, 2.45) is 5.84 Å². The Hall–Kier alpha value is -2.98. The van der Waals surface area contributed by atoms with E-state index in [1.165, 1.54) is 30.5 Å². The molecule has 2 aromatic rings. The first-order valence-electron chi connectivity index (χ1n) is 5.58. The van der Waals surface area contributed by atoms with E-state index in [-0.39, 0.29) is 16.8 Å². The van der Waals surface area contributed by atoms with Crippen LogP contribution >= 0.6 is 0 Å². The van der Waals surface area contributed by atoms with Gasteiger partial charge in [0.25, 0.3) is 5.91 Å². The second-order valence-corrected chi connectivity index (χ2v) is 3.80. The number of hydrazine groups is 1. The van der Waals surface area contributed by atoms with Gasteiger partial charge in [-0.3, -0.25) is 4.79 Å². The van der Waals surface area contributed by atoms with E-state index in [1.807, 2.05) is 0 Å². The normalized spacial score (nSPS) is 9.65. The van der Waals surface area contributed by atoms with Crippen molar-refractivity contribution in [3.63, 3.8) is 0 Å². The van der Waals surface area contributed by atoms with E-state index in [4.69, 9.17) is 11.1 Å². The summed E-state index contributed by atoms with van der Waals surface area (Å²) in [4.78, 5) is 15.8. The molecule has 0 aliphatic rings. The predicted octanol–water partition coefficient (Wildman–Crippen LogP) is 1.63. The zero-order valence-corrected chi connectivity index (χ0v) is 10.2. The summed E-state index contributed by atoms with van der Waals surface area (Å²) in [5, 5.41) is 11.3. The van der Waals surface area contributed by atoms with Gasteiger partial charge in [-0.25, -0.2) is 15.2 Å². The van der Waals surface area contributed by atoms with Crippen molar-refractivity contribution in [3.8, 4) is 6.07 Å². The summed E-state index contributed by atoms with van der Waals surface area (Å²) in [5.41, 5.74) is 2.49. The predicted molar refractivity (Wildman–Crippen MR) is 71.1 cm³/mol. The van der Waals surface area contributed by atoms with Gasteiger partial charge in [0.05, 0.1) is 11.3 Å². The SMILES string of the molecule is N#Cc1c(F)cccc1NC(=O)c1ccc(NN)nc1. The Morgan fingerprint density at radius 3 is 2.75 bits per heavy atom. The number of nitrogen functional groups attached to an aromatic ring is 1. The van der Waals surface area contributed by atoms with Crippen LogP contribution in [0, 0.1) is 17.1 Å². The first kappa shape index (κ1) is 13.5. The van der Waals surface area contributed by atoms with Crippen LogP contribution in [0.1, 0.15) is 15.9 Å². The molecule has 0 spiro atoms. The van der Waals surface area contributed by atoms with Gasteiger partial charge >= 0.3 is 0 Å². The van der Waals surface area contributed by atoms with Crippen LogP contribution in [0.15, 0.2) is 36.5 Å². The largest absolute Gasteiger partial charge is 0.321 e. The molecule has 0 saturated carbocycles. The van der Waals surface area contributed by atoms with E-state index in [1.54, 1.807) is 6.07 Å². The van der Waals surface area contributed by atoms with Crippen LogP contribution in [-0.2, 0) is 0 Å². The molecular formula is C13H10FN5O. The van der Waals surface area contributed by atoms with Crippen molar-refractivity contribution < 1.29 is 9.18 Å². The maximum Gasteiger partial charge on any atom is 0.257 e. The number of nitrogens with one attached hydrogen (secondary N) is 2. The Kier molecular flexibility index (Phi) is 3.88. The third-order valence-electron chi connectivity index (χ3n) is 2.55. The van der Waals surface area contributed by atoms with Crippen LogP contribution in [0.2, 0.25) is 0 Å². The van der Waals surface area contributed by atoms with Gasteiger partial charge in [-0.05, 0) is 24.3 Å². The monoisotopic (exact) mass is 271 g/mol. The van der Waals surface area contributed by atoms with Gasteiger partial charge in [0.2, 0.25) is 0 Å². The molecule has 1 amide bonds. The Morgan fingerprint density at radius 1 is 1.35 bits per heavy atom. The van der Waals surface area contributed by atoms with Crippen LogP contribution < -0.4 is 16.6 Å². The fraction of sp³-hybridized carbons (Fsp3) is 0. The number of nitrogens with two attached hydrogens (primary N) is 1. The molecule has 20 heavy (non-hydrogen) atoms. The lowest BCUT2D eigenvalue weighted by molar-refractivity contribution is 0.102. The van der Waals surface area contributed by atoms with Gasteiger partial charge < -0.3 is 10.7 Å². The fourth-order valence-electron chi connectivity index (χ4n) is 1.55. The van der Waals surface area contributed by atoms with Crippen LogP contribution in [0.5, 0.6) is 0 Å². The molecule has 1 heterocycles. The number of nitriles is 1. The molecule has 0 unspecified atom stereocenters. The van der Waals surface area contributed by atoms with Gasteiger partial charge in [0, 0.05) is 6.20 Å². The molecule has 1 aromatic carbocycles. The van der Waals surface area contributed by atoms with Crippen molar-refractivity contribution in [2.75, 3.05) is 10.7 Å². The van der Waals surface area contributed by atoms with E-state index < -0.39 is 11.7 Å². The minimum absolute atomic E-state index is 0.110. The highest BCUT2D eigenvalue weighted by atomic mass is 19.1. The number of benzene rings is 1. The van der Waals surface area contributed by atoms with Crippen LogP contribution in [0.4, 0.5) is 15.9 Å². The Balaban J connectivity index is 2.23. The summed E-state index contributed by atoms with van der Waals surface area (Å²) in [5.74, 6) is 4.38. The molecule has 0 aliphatic heterocycles. The van der Waals surface area contributed by atoms with Gasteiger partial charge in [0.1, 0.15) is 23.3 Å². The molecular weight excluding hydrogens is 261 g/mol.